The third kappa shape index (κ3) is 2.28. The highest BCUT2D eigenvalue weighted by atomic mass is 16.3. The van der Waals surface area contributed by atoms with Crippen LogP contribution in [0, 0.1) is 6.92 Å². The highest BCUT2D eigenvalue weighted by Crippen LogP contribution is 2.35. The summed E-state index contributed by atoms with van der Waals surface area (Å²) in [5.41, 5.74) is 1.45. The maximum absolute atomic E-state index is 12.9. The van der Waals surface area contributed by atoms with Crippen molar-refractivity contribution < 1.29 is 14.0 Å². The van der Waals surface area contributed by atoms with Gasteiger partial charge in [0.2, 0.25) is 5.91 Å². The third-order valence-corrected chi connectivity index (χ3v) is 3.96. The number of nitrogens with zero attached hydrogens (tertiary/aromatic N) is 2. The lowest BCUT2D eigenvalue weighted by atomic mass is 10.1. The first-order chi connectivity index (χ1) is 10.5. The van der Waals surface area contributed by atoms with Gasteiger partial charge in [-0.1, -0.05) is 12.1 Å². The quantitative estimate of drug-likeness (QED) is 0.813. The Hall–Kier alpha value is -2.56. The van der Waals surface area contributed by atoms with E-state index < -0.39 is 0 Å². The van der Waals surface area contributed by atoms with Crippen LogP contribution in [0.3, 0.4) is 0 Å². The lowest BCUT2D eigenvalue weighted by Gasteiger charge is -2.27. The number of para-hydroxylation sites is 2. The van der Waals surface area contributed by atoms with Crippen molar-refractivity contribution in [1.82, 2.24) is 0 Å². The zero-order valence-corrected chi connectivity index (χ0v) is 12.9. The molecule has 0 unspecified atom stereocenters. The number of hydrogen-bond donors (Lipinski definition) is 0. The lowest BCUT2D eigenvalue weighted by molar-refractivity contribution is -0.118. The van der Waals surface area contributed by atoms with Gasteiger partial charge in [0.1, 0.15) is 5.76 Å². The van der Waals surface area contributed by atoms with E-state index in [1.54, 1.807) is 35.9 Å². The fourth-order valence-electron chi connectivity index (χ4n) is 2.78. The van der Waals surface area contributed by atoms with E-state index in [4.69, 9.17) is 4.42 Å². The van der Waals surface area contributed by atoms with Crippen LogP contribution in [0.15, 0.2) is 40.8 Å². The number of fused-ring (bicyclic) bond motifs is 1. The molecular formula is C17H18N2O3. The second-order valence-corrected chi connectivity index (χ2v) is 5.58. The molecule has 0 fully saturated rings. The number of carbonyl (C=O) groups excluding carboxylic acids is 2. The van der Waals surface area contributed by atoms with Gasteiger partial charge in [0, 0.05) is 19.5 Å². The van der Waals surface area contributed by atoms with Gasteiger partial charge in [-0.2, -0.15) is 0 Å². The second kappa shape index (κ2) is 5.33. The van der Waals surface area contributed by atoms with E-state index in [0.717, 1.165) is 11.4 Å². The number of aryl methyl sites for hydroxylation is 1. The summed E-state index contributed by atoms with van der Waals surface area (Å²) in [5.74, 6) is 0.741. The summed E-state index contributed by atoms with van der Waals surface area (Å²) < 4.78 is 5.47. The van der Waals surface area contributed by atoms with Crippen LogP contribution in [-0.4, -0.2) is 24.9 Å². The van der Waals surface area contributed by atoms with Crippen LogP contribution >= 0.6 is 0 Å². The first-order valence-electron chi connectivity index (χ1n) is 7.24. The molecule has 22 heavy (non-hydrogen) atoms. The van der Waals surface area contributed by atoms with E-state index in [1.165, 1.54) is 0 Å². The summed E-state index contributed by atoms with van der Waals surface area (Å²) in [5, 5.41) is 0. The van der Waals surface area contributed by atoms with Crippen LogP contribution in [-0.2, 0) is 4.79 Å². The normalized spacial score (nSPS) is 18.1. The Labute approximate surface area is 129 Å². The number of anilines is 2. The van der Waals surface area contributed by atoms with E-state index in [9.17, 15) is 9.59 Å². The minimum Gasteiger partial charge on any atom is -0.456 e. The SMILES string of the molecule is Cc1ccc(C(=O)N2c3ccccc3N(C)C(=O)C[C@@H]2C)o1. The largest absolute Gasteiger partial charge is 0.456 e. The molecule has 0 saturated carbocycles. The molecule has 5 nitrogen and oxygen atoms in total. The Morgan fingerprint density at radius 2 is 1.86 bits per heavy atom. The van der Waals surface area contributed by atoms with E-state index in [-0.39, 0.29) is 30.0 Å². The maximum Gasteiger partial charge on any atom is 0.294 e. The molecular weight excluding hydrogens is 280 g/mol. The molecule has 1 aromatic heterocycles. The van der Waals surface area contributed by atoms with Crippen molar-refractivity contribution in [3.63, 3.8) is 0 Å². The van der Waals surface area contributed by atoms with E-state index in [0.29, 0.717) is 5.76 Å². The number of furan rings is 1. The summed E-state index contributed by atoms with van der Waals surface area (Å²) in [7, 11) is 1.74. The first-order valence-corrected chi connectivity index (χ1v) is 7.24. The van der Waals surface area contributed by atoms with E-state index in [2.05, 4.69) is 0 Å². The van der Waals surface area contributed by atoms with E-state index in [1.807, 2.05) is 31.2 Å². The van der Waals surface area contributed by atoms with Crippen molar-refractivity contribution in [1.29, 1.82) is 0 Å². The predicted molar refractivity (Wildman–Crippen MR) is 84.2 cm³/mol. The fraction of sp³-hybridized carbons (Fsp3) is 0.294. The van der Waals surface area contributed by atoms with Crippen molar-refractivity contribution in [2.24, 2.45) is 0 Å². The van der Waals surface area contributed by atoms with Gasteiger partial charge in [-0.05, 0) is 38.1 Å². The molecule has 5 heteroatoms. The molecule has 3 rings (SSSR count). The van der Waals surface area contributed by atoms with Crippen molar-refractivity contribution in [2.45, 2.75) is 26.3 Å². The molecule has 1 aliphatic rings. The van der Waals surface area contributed by atoms with Crippen LogP contribution < -0.4 is 9.80 Å². The molecule has 0 saturated heterocycles. The maximum atomic E-state index is 12.9. The van der Waals surface area contributed by atoms with Crippen molar-refractivity contribution in [2.75, 3.05) is 16.8 Å². The average Bonchev–Trinajstić information content (AvgIpc) is 2.90. The highest BCUT2D eigenvalue weighted by Gasteiger charge is 2.33. The van der Waals surface area contributed by atoms with Crippen LogP contribution in [0.5, 0.6) is 0 Å². The molecule has 2 heterocycles. The predicted octanol–water partition coefficient (Wildman–Crippen LogP) is 2.99. The summed E-state index contributed by atoms with van der Waals surface area (Å²) in [6.45, 7) is 3.68. The molecule has 0 N–H and O–H groups in total. The number of benzene rings is 1. The monoisotopic (exact) mass is 298 g/mol. The lowest BCUT2D eigenvalue weighted by Crippen LogP contribution is -2.39. The Bertz CT molecular complexity index is 735. The van der Waals surface area contributed by atoms with Gasteiger partial charge in [-0.3, -0.25) is 9.59 Å². The van der Waals surface area contributed by atoms with Gasteiger partial charge in [0.15, 0.2) is 5.76 Å². The van der Waals surface area contributed by atoms with Crippen LogP contribution in [0.4, 0.5) is 11.4 Å². The minimum atomic E-state index is -0.239. The Morgan fingerprint density at radius 3 is 2.50 bits per heavy atom. The minimum absolute atomic E-state index is 0.00845. The summed E-state index contributed by atoms with van der Waals surface area (Å²) in [4.78, 5) is 28.4. The molecule has 1 aliphatic heterocycles. The molecule has 0 radical (unpaired) electrons. The van der Waals surface area contributed by atoms with Gasteiger partial charge >= 0.3 is 0 Å². The number of hydrogen-bond acceptors (Lipinski definition) is 3. The zero-order chi connectivity index (χ0) is 15.9. The van der Waals surface area contributed by atoms with Crippen molar-refractivity contribution in [3.05, 3.63) is 47.9 Å². The number of carbonyl (C=O) groups is 2. The average molecular weight is 298 g/mol. The smallest absolute Gasteiger partial charge is 0.294 e. The summed E-state index contributed by atoms with van der Waals surface area (Å²) >= 11 is 0. The fourth-order valence-corrected chi connectivity index (χ4v) is 2.78. The van der Waals surface area contributed by atoms with Crippen molar-refractivity contribution >= 4 is 23.2 Å². The van der Waals surface area contributed by atoms with Gasteiger partial charge in [0.05, 0.1) is 11.4 Å². The molecule has 114 valence electrons. The van der Waals surface area contributed by atoms with Crippen LogP contribution in [0.2, 0.25) is 0 Å². The second-order valence-electron chi connectivity index (χ2n) is 5.58. The molecule has 0 aliphatic carbocycles. The van der Waals surface area contributed by atoms with Gasteiger partial charge < -0.3 is 14.2 Å². The third-order valence-electron chi connectivity index (χ3n) is 3.96. The Kier molecular flexibility index (Phi) is 3.48. The number of rotatable bonds is 1. The molecule has 2 aromatic rings. The molecule has 2 amide bonds. The summed E-state index contributed by atoms with van der Waals surface area (Å²) in [6.07, 6.45) is 0.274. The Morgan fingerprint density at radius 1 is 1.18 bits per heavy atom. The molecule has 0 bridgehead atoms. The molecule has 1 atom stereocenters. The molecule has 1 aromatic carbocycles. The van der Waals surface area contributed by atoms with Gasteiger partial charge in [-0.25, -0.2) is 0 Å². The Balaban J connectivity index is 2.11. The van der Waals surface area contributed by atoms with E-state index >= 15 is 0 Å². The van der Waals surface area contributed by atoms with Crippen LogP contribution in [0.1, 0.15) is 29.7 Å². The van der Waals surface area contributed by atoms with Crippen LogP contribution in [0.25, 0.3) is 0 Å². The molecule has 0 spiro atoms. The van der Waals surface area contributed by atoms with Gasteiger partial charge in [0.25, 0.3) is 5.91 Å². The topological polar surface area (TPSA) is 53.8 Å². The van der Waals surface area contributed by atoms with Gasteiger partial charge in [-0.15, -0.1) is 0 Å². The van der Waals surface area contributed by atoms with Crippen molar-refractivity contribution in [3.8, 4) is 0 Å². The number of amides is 2. The zero-order valence-electron chi connectivity index (χ0n) is 12.9. The first kappa shape index (κ1) is 14.4. The highest BCUT2D eigenvalue weighted by molar-refractivity contribution is 6.10. The standard InChI is InChI=1S/C17H18N2O3/c1-11-10-16(20)18(3)13-6-4-5-7-14(13)19(11)17(21)15-9-8-12(2)22-15/h4-9,11H,10H2,1-3H3/t11-/m0/s1. The summed E-state index contributed by atoms with van der Waals surface area (Å²) in [6, 6.07) is 10.6.